The Hall–Kier alpha value is -3.23. The van der Waals surface area contributed by atoms with Crippen molar-refractivity contribution in [2.24, 2.45) is 28.8 Å². The maximum absolute atomic E-state index is 12.6. The Morgan fingerprint density at radius 3 is 2.19 bits per heavy atom. The van der Waals surface area contributed by atoms with Gasteiger partial charge in [-0.15, -0.1) is 0 Å². The molecule has 2 aliphatic carbocycles. The van der Waals surface area contributed by atoms with Crippen LogP contribution in [0.4, 0.5) is 5.69 Å². The Balaban J connectivity index is 1.66. The normalized spacial score (nSPS) is 28.3. The minimum Gasteiger partial charge on any atom is -0.493 e. The van der Waals surface area contributed by atoms with E-state index in [0.29, 0.717) is 0 Å². The van der Waals surface area contributed by atoms with E-state index in [-0.39, 0.29) is 58.2 Å². The highest BCUT2D eigenvalue weighted by atomic mass is 16.6. The molecule has 9 nitrogen and oxygen atoms in total. The highest BCUT2D eigenvalue weighted by molar-refractivity contribution is 6.07. The van der Waals surface area contributed by atoms with Crippen LogP contribution in [0.1, 0.15) is 12.0 Å². The molecule has 27 heavy (non-hydrogen) atoms. The molecule has 4 rings (SSSR count). The van der Waals surface area contributed by atoms with Crippen molar-refractivity contribution in [1.29, 1.82) is 0 Å². The van der Waals surface area contributed by atoms with Crippen molar-refractivity contribution in [2.75, 3.05) is 14.2 Å². The van der Waals surface area contributed by atoms with Crippen molar-refractivity contribution in [1.82, 2.24) is 5.01 Å². The zero-order chi connectivity index (χ0) is 19.3. The summed E-state index contributed by atoms with van der Waals surface area (Å²) in [5, 5.41) is 16.2. The zero-order valence-electron chi connectivity index (χ0n) is 14.7. The number of carbonyl (C=O) groups excluding carboxylic acids is 2. The lowest BCUT2D eigenvalue weighted by Gasteiger charge is -2.13. The number of nitrogens with zero attached hydrogens (tertiary/aromatic N) is 3. The van der Waals surface area contributed by atoms with Gasteiger partial charge in [-0.05, 0) is 24.3 Å². The van der Waals surface area contributed by atoms with Crippen LogP contribution in [0.5, 0.6) is 11.5 Å². The van der Waals surface area contributed by atoms with Crippen LogP contribution >= 0.6 is 0 Å². The molecule has 1 aliphatic heterocycles. The predicted octanol–water partition coefficient (Wildman–Crippen LogP) is 1.75. The number of benzene rings is 1. The van der Waals surface area contributed by atoms with Crippen molar-refractivity contribution in [2.45, 2.75) is 6.42 Å². The van der Waals surface area contributed by atoms with E-state index in [0.717, 1.165) is 17.6 Å². The topological polar surface area (TPSA) is 111 Å². The van der Waals surface area contributed by atoms with Crippen molar-refractivity contribution in [3.63, 3.8) is 0 Å². The van der Waals surface area contributed by atoms with Gasteiger partial charge in [0.1, 0.15) is 0 Å². The summed E-state index contributed by atoms with van der Waals surface area (Å²) in [7, 11) is 2.78. The third kappa shape index (κ3) is 2.49. The largest absolute Gasteiger partial charge is 0.493 e. The van der Waals surface area contributed by atoms with E-state index in [1.165, 1.54) is 26.4 Å². The summed E-state index contributed by atoms with van der Waals surface area (Å²) in [6, 6.07) is 2.60. The van der Waals surface area contributed by atoms with Gasteiger partial charge in [0.15, 0.2) is 11.5 Å². The summed E-state index contributed by atoms with van der Waals surface area (Å²) in [6.07, 6.45) is 5.95. The first kappa shape index (κ1) is 17.2. The minimum absolute atomic E-state index is 0.0760. The van der Waals surface area contributed by atoms with Crippen LogP contribution in [-0.2, 0) is 9.59 Å². The Bertz CT molecular complexity index is 879. The number of fused-ring (bicyclic) bond motifs is 5. The Morgan fingerprint density at radius 1 is 1.11 bits per heavy atom. The SMILES string of the molecule is COc1cc(/C=N\N2C(=O)[C@@H]3[C@@H](C2=O)[C@@H]2C=C[C@@H]3C2)c([N+](=O)[O-])cc1OC. The number of nitro groups is 1. The van der Waals surface area contributed by atoms with E-state index in [9.17, 15) is 19.7 Å². The second kappa shape index (κ2) is 6.19. The molecule has 2 amide bonds. The molecule has 1 saturated heterocycles. The van der Waals surface area contributed by atoms with Gasteiger partial charge in [0.25, 0.3) is 17.5 Å². The fourth-order valence-corrected chi connectivity index (χ4v) is 4.27. The van der Waals surface area contributed by atoms with Crippen LogP contribution < -0.4 is 9.47 Å². The summed E-state index contributed by atoms with van der Waals surface area (Å²) in [5.74, 6) is -0.800. The van der Waals surface area contributed by atoms with E-state index in [1.807, 2.05) is 12.2 Å². The number of nitro benzene ring substituents is 1. The molecule has 1 heterocycles. The third-order valence-electron chi connectivity index (χ3n) is 5.49. The van der Waals surface area contributed by atoms with Crippen molar-refractivity contribution >= 4 is 23.7 Å². The summed E-state index contributed by atoms with van der Waals surface area (Å²) < 4.78 is 10.2. The van der Waals surface area contributed by atoms with Gasteiger partial charge >= 0.3 is 0 Å². The second-order valence-electron chi connectivity index (χ2n) is 6.76. The molecule has 1 saturated carbocycles. The van der Waals surface area contributed by atoms with Crippen LogP contribution in [0, 0.1) is 33.8 Å². The van der Waals surface area contributed by atoms with E-state index in [1.54, 1.807) is 0 Å². The average molecular weight is 371 g/mol. The zero-order valence-corrected chi connectivity index (χ0v) is 14.7. The molecular weight excluding hydrogens is 354 g/mol. The molecule has 140 valence electrons. The highest BCUT2D eigenvalue weighted by Gasteiger charge is 2.59. The van der Waals surface area contributed by atoms with Gasteiger partial charge in [-0.3, -0.25) is 19.7 Å². The monoisotopic (exact) mass is 371 g/mol. The molecule has 2 bridgehead atoms. The number of hydrazone groups is 1. The molecular formula is C18H17N3O6. The standard InChI is InChI=1S/C18H17N3O6/c1-26-13-6-11(12(21(24)25)7-14(13)27-2)8-19-20-17(22)15-9-3-4-10(5-9)16(15)18(20)23/h3-4,6-10,15-16H,5H2,1-2H3/b19-8-/t9-,10-,15+,16+/m1/s1. The first-order chi connectivity index (χ1) is 13.0. The van der Waals surface area contributed by atoms with E-state index >= 15 is 0 Å². The van der Waals surface area contributed by atoms with Crippen molar-refractivity contribution in [3.05, 3.63) is 40.0 Å². The molecule has 1 aromatic rings. The number of rotatable bonds is 5. The lowest BCUT2D eigenvalue weighted by molar-refractivity contribution is -0.385. The van der Waals surface area contributed by atoms with E-state index in [2.05, 4.69) is 5.10 Å². The Kier molecular flexibility index (Phi) is 3.94. The average Bonchev–Trinajstić information content (AvgIpc) is 3.34. The first-order valence-corrected chi connectivity index (χ1v) is 8.46. The van der Waals surface area contributed by atoms with Gasteiger partial charge in [0, 0.05) is 0 Å². The minimum atomic E-state index is -0.587. The fraction of sp³-hybridized carbons (Fsp3) is 0.389. The van der Waals surface area contributed by atoms with Gasteiger partial charge in [-0.1, -0.05) is 12.2 Å². The van der Waals surface area contributed by atoms with Crippen LogP contribution in [0.15, 0.2) is 29.4 Å². The Morgan fingerprint density at radius 2 is 1.67 bits per heavy atom. The Labute approximate surface area is 154 Å². The summed E-state index contributed by atoms with van der Waals surface area (Å²) in [6.45, 7) is 0. The van der Waals surface area contributed by atoms with Gasteiger partial charge < -0.3 is 9.47 Å². The summed E-state index contributed by atoms with van der Waals surface area (Å²) in [4.78, 5) is 36.0. The molecule has 0 radical (unpaired) electrons. The molecule has 3 aliphatic rings. The predicted molar refractivity (Wildman–Crippen MR) is 93.4 cm³/mol. The van der Waals surface area contributed by atoms with Crippen LogP contribution in [0.25, 0.3) is 0 Å². The van der Waals surface area contributed by atoms with Crippen molar-refractivity contribution in [3.8, 4) is 11.5 Å². The first-order valence-electron chi connectivity index (χ1n) is 8.46. The van der Waals surface area contributed by atoms with E-state index in [4.69, 9.17) is 9.47 Å². The third-order valence-corrected chi connectivity index (χ3v) is 5.49. The van der Waals surface area contributed by atoms with Crippen LogP contribution in [0.3, 0.4) is 0 Å². The number of ether oxygens (including phenoxy) is 2. The number of amides is 2. The molecule has 0 unspecified atom stereocenters. The lowest BCUT2D eigenvalue weighted by Crippen LogP contribution is -2.28. The fourth-order valence-electron chi connectivity index (χ4n) is 4.27. The number of carbonyl (C=O) groups is 2. The van der Waals surface area contributed by atoms with Gasteiger partial charge in [0.05, 0.1) is 48.8 Å². The number of hydrogen-bond donors (Lipinski definition) is 0. The summed E-state index contributed by atoms with van der Waals surface area (Å²) >= 11 is 0. The molecule has 2 fully saturated rings. The number of imide groups is 1. The van der Waals surface area contributed by atoms with Crippen LogP contribution in [0.2, 0.25) is 0 Å². The van der Waals surface area contributed by atoms with Gasteiger partial charge in [0.2, 0.25) is 0 Å². The van der Waals surface area contributed by atoms with Crippen LogP contribution in [-0.4, -0.2) is 42.2 Å². The van der Waals surface area contributed by atoms with E-state index < -0.39 is 4.92 Å². The maximum atomic E-state index is 12.6. The number of allylic oxidation sites excluding steroid dienone is 2. The highest BCUT2D eigenvalue weighted by Crippen LogP contribution is 2.52. The quantitative estimate of drug-likeness (QED) is 0.256. The molecule has 9 heteroatoms. The second-order valence-corrected chi connectivity index (χ2v) is 6.76. The maximum Gasteiger partial charge on any atom is 0.282 e. The van der Waals surface area contributed by atoms with Gasteiger partial charge in [-0.25, -0.2) is 0 Å². The number of methoxy groups -OCH3 is 2. The molecule has 4 atom stereocenters. The smallest absolute Gasteiger partial charge is 0.282 e. The molecule has 0 spiro atoms. The molecule has 0 aromatic heterocycles. The van der Waals surface area contributed by atoms with Crippen molar-refractivity contribution < 1.29 is 24.0 Å². The lowest BCUT2D eigenvalue weighted by atomic mass is 9.85. The summed E-state index contributed by atoms with van der Waals surface area (Å²) in [5.41, 5.74) is -0.158. The molecule has 0 N–H and O–H groups in total. The molecule has 1 aromatic carbocycles. The number of hydrogen-bond acceptors (Lipinski definition) is 7. The van der Waals surface area contributed by atoms with Gasteiger partial charge in [-0.2, -0.15) is 10.1 Å².